The molecule has 1 heterocycles. The van der Waals surface area contributed by atoms with E-state index in [1.807, 2.05) is 24.3 Å². The van der Waals surface area contributed by atoms with Crippen LogP contribution >= 0.6 is 39.9 Å². The Morgan fingerprint density at radius 1 is 1.39 bits per heavy atom. The normalized spacial score (nSPS) is 20.2. The van der Waals surface area contributed by atoms with E-state index >= 15 is 0 Å². The lowest BCUT2D eigenvalue weighted by Crippen LogP contribution is -2.37. The third kappa shape index (κ3) is 4.03. The second kappa shape index (κ2) is 7.60. The molecule has 1 fully saturated rings. The van der Waals surface area contributed by atoms with Crippen LogP contribution in [0.2, 0.25) is 0 Å². The fourth-order valence-corrected chi connectivity index (χ4v) is 2.92. The van der Waals surface area contributed by atoms with Crippen LogP contribution in [0.15, 0.2) is 28.7 Å². The minimum absolute atomic E-state index is 0. The summed E-state index contributed by atoms with van der Waals surface area (Å²) < 4.78 is 0.906. The zero-order valence-corrected chi connectivity index (χ0v) is 14.5. The van der Waals surface area contributed by atoms with Gasteiger partial charge in [0.25, 0.3) is 0 Å². The molecule has 1 unspecified atom stereocenters. The van der Waals surface area contributed by atoms with Gasteiger partial charge in [0.1, 0.15) is 0 Å². The number of ketones is 1. The van der Waals surface area contributed by atoms with Crippen molar-refractivity contribution in [3.8, 4) is 0 Å². The van der Waals surface area contributed by atoms with E-state index in [1.54, 1.807) is 0 Å². The average molecular weight is 424 g/mol. The van der Waals surface area contributed by atoms with Crippen molar-refractivity contribution < 1.29 is 4.79 Å². The predicted octanol–water partition coefficient (Wildman–Crippen LogP) is 4.12. The number of hydrogen-bond donors (Lipinski definition) is 0. The van der Waals surface area contributed by atoms with Crippen LogP contribution in [-0.4, -0.2) is 30.3 Å². The van der Waals surface area contributed by atoms with Crippen molar-refractivity contribution in [2.24, 2.45) is 0 Å². The van der Waals surface area contributed by atoms with Gasteiger partial charge in [-0.2, -0.15) is 0 Å². The Hall–Kier alpha value is 0.0600. The molecule has 2 rings (SSSR count). The van der Waals surface area contributed by atoms with Gasteiger partial charge in [0.05, 0.1) is 0 Å². The maximum absolute atomic E-state index is 12.2. The van der Waals surface area contributed by atoms with Gasteiger partial charge in [-0.1, -0.05) is 40.5 Å². The van der Waals surface area contributed by atoms with Crippen molar-refractivity contribution in [2.75, 3.05) is 13.6 Å². The number of benzene rings is 1. The van der Waals surface area contributed by atoms with Crippen LogP contribution in [0.3, 0.4) is 0 Å². The average Bonchev–Trinajstić information content (AvgIpc) is 2.32. The number of piperidine rings is 1. The molecule has 1 saturated heterocycles. The summed E-state index contributed by atoms with van der Waals surface area (Å²) in [5.74, 6) is 0.247. The molecule has 4 heteroatoms. The van der Waals surface area contributed by atoms with Gasteiger partial charge in [-0.05, 0) is 32.5 Å². The molecule has 1 aliphatic rings. The zero-order valence-electron chi connectivity index (χ0n) is 10.6. The van der Waals surface area contributed by atoms with Gasteiger partial charge in [-0.15, -0.1) is 24.0 Å². The van der Waals surface area contributed by atoms with Crippen molar-refractivity contribution in [2.45, 2.75) is 31.7 Å². The van der Waals surface area contributed by atoms with Crippen molar-refractivity contribution in [3.05, 3.63) is 34.3 Å². The first-order valence-corrected chi connectivity index (χ1v) is 6.96. The lowest BCUT2D eigenvalue weighted by atomic mass is 9.95. The monoisotopic (exact) mass is 423 g/mol. The Morgan fingerprint density at radius 3 is 2.78 bits per heavy atom. The van der Waals surface area contributed by atoms with E-state index in [-0.39, 0.29) is 29.8 Å². The lowest BCUT2D eigenvalue weighted by molar-refractivity contribution is 0.0905. The summed E-state index contributed by atoms with van der Waals surface area (Å²) >= 11 is 3.44. The molecule has 0 amide bonds. The van der Waals surface area contributed by atoms with Crippen LogP contribution < -0.4 is 0 Å². The number of nitrogens with zero attached hydrogens (tertiary/aromatic N) is 1. The van der Waals surface area contributed by atoms with E-state index in [1.165, 1.54) is 12.8 Å². The molecule has 2 nitrogen and oxygen atoms in total. The largest absolute Gasteiger partial charge is 0.303 e. The zero-order chi connectivity index (χ0) is 12.3. The second-order valence-electron chi connectivity index (χ2n) is 4.74. The van der Waals surface area contributed by atoms with Crippen LogP contribution in [0.25, 0.3) is 0 Å². The quantitative estimate of drug-likeness (QED) is 0.538. The van der Waals surface area contributed by atoms with E-state index in [9.17, 15) is 4.79 Å². The van der Waals surface area contributed by atoms with Crippen molar-refractivity contribution >= 4 is 45.7 Å². The molecule has 1 aromatic carbocycles. The number of rotatable bonds is 3. The highest BCUT2D eigenvalue weighted by molar-refractivity contribution is 14.0. The molecule has 0 saturated carbocycles. The second-order valence-corrected chi connectivity index (χ2v) is 5.59. The van der Waals surface area contributed by atoms with E-state index in [4.69, 9.17) is 0 Å². The van der Waals surface area contributed by atoms with E-state index in [0.717, 1.165) is 23.0 Å². The van der Waals surface area contributed by atoms with Crippen molar-refractivity contribution in [3.63, 3.8) is 0 Å². The van der Waals surface area contributed by atoms with Crippen LogP contribution in [0.4, 0.5) is 0 Å². The summed E-state index contributed by atoms with van der Waals surface area (Å²) in [5.41, 5.74) is 0.812. The van der Waals surface area contributed by atoms with Crippen LogP contribution in [0, 0.1) is 0 Å². The van der Waals surface area contributed by atoms with Gasteiger partial charge >= 0.3 is 0 Å². The Bertz CT molecular complexity index is 411. The summed E-state index contributed by atoms with van der Waals surface area (Å²) in [7, 11) is 2.12. The first-order valence-electron chi connectivity index (χ1n) is 6.16. The van der Waals surface area contributed by atoms with Gasteiger partial charge < -0.3 is 4.90 Å². The predicted molar refractivity (Wildman–Crippen MR) is 88.8 cm³/mol. The molecule has 0 radical (unpaired) electrons. The molecule has 0 aromatic heterocycles. The number of hydrogen-bond acceptors (Lipinski definition) is 2. The van der Waals surface area contributed by atoms with E-state index in [2.05, 4.69) is 27.9 Å². The number of carbonyl (C=O) groups excluding carboxylic acids is 1. The molecular weight excluding hydrogens is 405 g/mol. The molecule has 1 aliphatic heterocycles. The topological polar surface area (TPSA) is 20.3 Å². The van der Waals surface area contributed by atoms with Gasteiger partial charge in [0.2, 0.25) is 0 Å². The van der Waals surface area contributed by atoms with Crippen molar-refractivity contribution in [1.29, 1.82) is 0 Å². The highest BCUT2D eigenvalue weighted by Gasteiger charge is 2.22. The highest BCUT2D eigenvalue weighted by atomic mass is 127. The Labute approximate surface area is 134 Å². The summed E-state index contributed by atoms with van der Waals surface area (Å²) in [5, 5.41) is 0. The minimum atomic E-state index is 0. The number of halogens is 2. The SMILES string of the molecule is CN1CCCCC1CC(=O)c1ccccc1Br.I. The highest BCUT2D eigenvalue weighted by Crippen LogP contribution is 2.23. The summed E-state index contributed by atoms with van der Waals surface area (Å²) in [6.07, 6.45) is 4.29. The third-order valence-electron chi connectivity index (χ3n) is 3.52. The molecule has 0 spiro atoms. The standard InChI is InChI=1S/C14H18BrNO.HI/c1-16-9-5-4-6-11(16)10-14(17)12-7-2-3-8-13(12)15;/h2-3,7-8,11H,4-6,9-10H2,1H3;1H. The van der Waals surface area contributed by atoms with E-state index in [0.29, 0.717) is 12.5 Å². The van der Waals surface area contributed by atoms with Gasteiger partial charge in [0, 0.05) is 22.5 Å². The first kappa shape index (κ1) is 16.1. The fraction of sp³-hybridized carbons (Fsp3) is 0.500. The summed E-state index contributed by atoms with van der Waals surface area (Å²) in [4.78, 5) is 14.5. The number of likely N-dealkylation sites (tertiary alicyclic amines) is 1. The molecule has 1 atom stereocenters. The maximum Gasteiger partial charge on any atom is 0.165 e. The smallest absolute Gasteiger partial charge is 0.165 e. The Kier molecular flexibility index (Phi) is 6.81. The molecule has 0 N–H and O–H groups in total. The lowest BCUT2D eigenvalue weighted by Gasteiger charge is -2.32. The Balaban J connectivity index is 0.00000162. The van der Waals surface area contributed by atoms with Crippen LogP contribution in [0.1, 0.15) is 36.0 Å². The number of Topliss-reactive ketones (excluding diaryl/α,β-unsaturated/α-hetero) is 1. The maximum atomic E-state index is 12.2. The minimum Gasteiger partial charge on any atom is -0.303 e. The molecule has 0 aliphatic carbocycles. The fourth-order valence-electron chi connectivity index (χ4n) is 2.41. The first-order chi connectivity index (χ1) is 8.18. The third-order valence-corrected chi connectivity index (χ3v) is 4.21. The molecule has 18 heavy (non-hydrogen) atoms. The van der Waals surface area contributed by atoms with Crippen LogP contribution in [-0.2, 0) is 0 Å². The van der Waals surface area contributed by atoms with Gasteiger partial charge in [-0.3, -0.25) is 4.79 Å². The summed E-state index contributed by atoms with van der Waals surface area (Å²) in [6.45, 7) is 1.12. The Morgan fingerprint density at radius 2 is 2.11 bits per heavy atom. The molecule has 1 aromatic rings. The number of carbonyl (C=O) groups is 1. The van der Waals surface area contributed by atoms with Gasteiger partial charge in [0.15, 0.2) is 5.78 Å². The molecule has 0 bridgehead atoms. The van der Waals surface area contributed by atoms with E-state index < -0.39 is 0 Å². The van der Waals surface area contributed by atoms with Crippen LogP contribution in [0.5, 0.6) is 0 Å². The molecular formula is C14H19BrINO. The van der Waals surface area contributed by atoms with Gasteiger partial charge in [-0.25, -0.2) is 0 Å². The summed E-state index contributed by atoms with van der Waals surface area (Å²) in [6, 6.07) is 8.10. The van der Waals surface area contributed by atoms with Crippen molar-refractivity contribution in [1.82, 2.24) is 4.90 Å². The molecule has 100 valence electrons.